The molecule has 1 fully saturated rings. The lowest BCUT2D eigenvalue weighted by Crippen LogP contribution is -2.35. The Morgan fingerprint density at radius 1 is 1.43 bits per heavy atom. The molecule has 4 nitrogen and oxygen atoms in total. The standard InChI is InChI=1S/C10H12N2O2/c13-9-7-12(10(14)11-9)6-8-4-2-1-3-5-8/h1-5,10,14H,6-7H2,(H,11,13). The first-order valence-electron chi connectivity index (χ1n) is 4.51. The summed E-state index contributed by atoms with van der Waals surface area (Å²) >= 11 is 0. The normalized spacial score (nSPS) is 22.4. The molecule has 4 heteroatoms. The maximum absolute atomic E-state index is 10.9. The van der Waals surface area contributed by atoms with Crippen molar-refractivity contribution in [1.29, 1.82) is 0 Å². The number of benzene rings is 1. The maximum atomic E-state index is 10.9. The number of amides is 1. The lowest BCUT2D eigenvalue weighted by molar-refractivity contribution is -0.119. The molecule has 0 aromatic heterocycles. The summed E-state index contributed by atoms with van der Waals surface area (Å²) in [6.45, 7) is 0.844. The molecule has 0 radical (unpaired) electrons. The highest BCUT2D eigenvalue weighted by Gasteiger charge is 2.27. The highest BCUT2D eigenvalue weighted by Crippen LogP contribution is 2.08. The van der Waals surface area contributed by atoms with Gasteiger partial charge in [-0.1, -0.05) is 30.3 Å². The van der Waals surface area contributed by atoms with E-state index in [0.717, 1.165) is 5.56 Å². The molecule has 0 saturated carbocycles. The van der Waals surface area contributed by atoms with Gasteiger partial charge in [0.2, 0.25) is 5.91 Å². The predicted octanol–water partition coefficient (Wildman–Crippen LogP) is -0.106. The van der Waals surface area contributed by atoms with E-state index >= 15 is 0 Å². The van der Waals surface area contributed by atoms with Gasteiger partial charge in [-0.2, -0.15) is 0 Å². The second-order valence-corrected chi connectivity index (χ2v) is 3.33. The van der Waals surface area contributed by atoms with E-state index < -0.39 is 6.35 Å². The summed E-state index contributed by atoms with van der Waals surface area (Å²) in [5.74, 6) is -0.131. The number of hydrogen-bond donors (Lipinski definition) is 2. The van der Waals surface area contributed by atoms with Crippen LogP contribution in [0.15, 0.2) is 30.3 Å². The molecule has 2 N–H and O–H groups in total. The molecule has 2 rings (SSSR count). The summed E-state index contributed by atoms with van der Waals surface area (Å²) in [5.41, 5.74) is 1.09. The van der Waals surface area contributed by atoms with E-state index in [4.69, 9.17) is 0 Å². The number of aliphatic hydroxyl groups excluding tert-OH is 1. The first-order valence-corrected chi connectivity index (χ1v) is 4.51. The molecule has 1 atom stereocenters. The van der Waals surface area contributed by atoms with Gasteiger partial charge in [0.1, 0.15) is 0 Å². The number of nitrogens with zero attached hydrogens (tertiary/aromatic N) is 1. The Hall–Kier alpha value is -1.39. The van der Waals surface area contributed by atoms with Gasteiger partial charge in [0.25, 0.3) is 0 Å². The Morgan fingerprint density at radius 2 is 2.14 bits per heavy atom. The molecular formula is C10H12N2O2. The van der Waals surface area contributed by atoms with Crippen LogP contribution in [0.4, 0.5) is 0 Å². The average Bonchev–Trinajstić information content (AvgIpc) is 2.47. The first kappa shape index (κ1) is 9.18. The molecule has 1 aliphatic rings. The fourth-order valence-electron chi connectivity index (χ4n) is 1.51. The molecule has 14 heavy (non-hydrogen) atoms. The Morgan fingerprint density at radius 3 is 2.71 bits per heavy atom. The molecular weight excluding hydrogens is 180 g/mol. The number of hydrogen-bond acceptors (Lipinski definition) is 3. The Labute approximate surface area is 82.2 Å². The van der Waals surface area contributed by atoms with Crippen molar-refractivity contribution in [1.82, 2.24) is 10.2 Å². The Kier molecular flexibility index (Phi) is 2.47. The Balaban J connectivity index is 2.02. The third kappa shape index (κ3) is 1.92. The zero-order chi connectivity index (χ0) is 9.97. The summed E-state index contributed by atoms with van der Waals surface area (Å²) in [6, 6.07) is 9.75. The summed E-state index contributed by atoms with van der Waals surface area (Å²) in [5, 5.41) is 11.8. The van der Waals surface area contributed by atoms with E-state index in [-0.39, 0.29) is 12.5 Å². The number of aliphatic hydroxyl groups is 1. The second-order valence-electron chi connectivity index (χ2n) is 3.33. The van der Waals surface area contributed by atoms with Gasteiger partial charge in [0, 0.05) is 6.54 Å². The van der Waals surface area contributed by atoms with Crippen LogP contribution < -0.4 is 5.32 Å². The van der Waals surface area contributed by atoms with Crippen LogP contribution in [0.5, 0.6) is 0 Å². The predicted molar refractivity (Wildman–Crippen MR) is 51.0 cm³/mol. The monoisotopic (exact) mass is 192 g/mol. The van der Waals surface area contributed by atoms with Crippen LogP contribution in [0.1, 0.15) is 5.56 Å². The van der Waals surface area contributed by atoms with Crippen molar-refractivity contribution < 1.29 is 9.90 Å². The number of carbonyl (C=O) groups is 1. The summed E-state index contributed by atoms with van der Waals surface area (Å²) < 4.78 is 0. The van der Waals surface area contributed by atoms with Gasteiger partial charge >= 0.3 is 0 Å². The molecule has 0 spiro atoms. The van der Waals surface area contributed by atoms with E-state index in [1.165, 1.54) is 0 Å². The number of nitrogens with one attached hydrogen (secondary N) is 1. The minimum Gasteiger partial charge on any atom is -0.361 e. The minimum absolute atomic E-state index is 0.131. The van der Waals surface area contributed by atoms with Crippen molar-refractivity contribution in [2.45, 2.75) is 12.9 Å². The SMILES string of the molecule is O=C1CN(Cc2ccccc2)C(O)N1. The number of rotatable bonds is 2. The fourth-order valence-corrected chi connectivity index (χ4v) is 1.51. The van der Waals surface area contributed by atoms with Crippen LogP contribution in [0.25, 0.3) is 0 Å². The summed E-state index contributed by atoms with van der Waals surface area (Å²) in [7, 11) is 0. The van der Waals surface area contributed by atoms with Crippen molar-refractivity contribution in [3.05, 3.63) is 35.9 Å². The van der Waals surface area contributed by atoms with E-state index in [1.807, 2.05) is 30.3 Å². The lowest BCUT2D eigenvalue weighted by atomic mass is 10.2. The molecule has 1 amide bonds. The zero-order valence-electron chi connectivity index (χ0n) is 7.68. The highest BCUT2D eigenvalue weighted by atomic mass is 16.3. The molecule has 1 aromatic carbocycles. The summed E-state index contributed by atoms with van der Waals surface area (Å²) in [4.78, 5) is 12.6. The third-order valence-electron chi connectivity index (χ3n) is 2.21. The lowest BCUT2D eigenvalue weighted by Gasteiger charge is -2.17. The van der Waals surface area contributed by atoms with Crippen molar-refractivity contribution in [3.8, 4) is 0 Å². The smallest absolute Gasteiger partial charge is 0.237 e. The first-order chi connectivity index (χ1) is 6.75. The van der Waals surface area contributed by atoms with Gasteiger partial charge in [-0.3, -0.25) is 4.79 Å². The van der Waals surface area contributed by atoms with Gasteiger partial charge in [-0.15, -0.1) is 0 Å². The fraction of sp³-hybridized carbons (Fsp3) is 0.300. The topological polar surface area (TPSA) is 52.6 Å². The zero-order valence-corrected chi connectivity index (χ0v) is 7.68. The Bertz CT molecular complexity index is 326. The van der Waals surface area contributed by atoms with Gasteiger partial charge in [0.05, 0.1) is 6.54 Å². The minimum atomic E-state index is -0.845. The average molecular weight is 192 g/mol. The van der Waals surface area contributed by atoms with Crippen LogP contribution in [0.3, 0.4) is 0 Å². The maximum Gasteiger partial charge on any atom is 0.237 e. The van der Waals surface area contributed by atoms with Crippen LogP contribution in [-0.2, 0) is 11.3 Å². The molecule has 1 aromatic rings. The quantitative estimate of drug-likeness (QED) is 0.687. The van der Waals surface area contributed by atoms with Crippen LogP contribution >= 0.6 is 0 Å². The second kappa shape index (κ2) is 3.77. The molecule has 1 saturated heterocycles. The molecule has 1 aliphatic heterocycles. The third-order valence-corrected chi connectivity index (χ3v) is 2.21. The van der Waals surface area contributed by atoms with Gasteiger partial charge in [-0.25, -0.2) is 4.90 Å². The molecule has 1 unspecified atom stereocenters. The van der Waals surface area contributed by atoms with Crippen LogP contribution in [0, 0.1) is 0 Å². The highest BCUT2D eigenvalue weighted by molar-refractivity contribution is 5.80. The van der Waals surface area contributed by atoms with Crippen LogP contribution in [-0.4, -0.2) is 28.8 Å². The largest absolute Gasteiger partial charge is 0.361 e. The van der Waals surface area contributed by atoms with Crippen molar-refractivity contribution in [2.24, 2.45) is 0 Å². The van der Waals surface area contributed by atoms with Crippen LogP contribution in [0.2, 0.25) is 0 Å². The van der Waals surface area contributed by atoms with Crippen molar-refractivity contribution in [3.63, 3.8) is 0 Å². The van der Waals surface area contributed by atoms with Gasteiger partial charge < -0.3 is 10.4 Å². The van der Waals surface area contributed by atoms with Gasteiger partial charge in [-0.05, 0) is 5.56 Å². The van der Waals surface area contributed by atoms with E-state index in [1.54, 1.807) is 4.90 Å². The van der Waals surface area contributed by atoms with E-state index in [0.29, 0.717) is 6.54 Å². The van der Waals surface area contributed by atoms with E-state index in [9.17, 15) is 9.90 Å². The molecule has 0 bridgehead atoms. The van der Waals surface area contributed by atoms with Crippen molar-refractivity contribution in [2.75, 3.05) is 6.54 Å². The number of carbonyl (C=O) groups excluding carboxylic acids is 1. The molecule has 74 valence electrons. The molecule has 0 aliphatic carbocycles. The van der Waals surface area contributed by atoms with E-state index in [2.05, 4.69) is 5.32 Å². The molecule has 1 heterocycles. The van der Waals surface area contributed by atoms with Gasteiger partial charge in [0.15, 0.2) is 6.35 Å². The van der Waals surface area contributed by atoms with Crippen molar-refractivity contribution >= 4 is 5.91 Å². The summed E-state index contributed by atoms with van der Waals surface area (Å²) in [6.07, 6.45) is -0.845.